The first-order valence-electron chi connectivity index (χ1n) is 6.62. The summed E-state index contributed by atoms with van der Waals surface area (Å²) >= 11 is 0. The highest BCUT2D eigenvalue weighted by molar-refractivity contribution is 5.36. The Morgan fingerprint density at radius 3 is 2.84 bits per heavy atom. The van der Waals surface area contributed by atoms with Crippen molar-refractivity contribution in [3.8, 4) is 5.88 Å². The molecule has 1 aromatic rings. The quantitative estimate of drug-likeness (QED) is 0.689. The van der Waals surface area contributed by atoms with Crippen LogP contribution in [0.15, 0.2) is 12.4 Å². The minimum atomic E-state index is 0.618. The van der Waals surface area contributed by atoms with Crippen molar-refractivity contribution in [1.82, 2.24) is 14.9 Å². The summed E-state index contributed by atoms with van der Waals surface area (Å²) in [5, 5.41) is 3.26. The minimum absolute atomic E-state index is 0.618. The minimum Gasteiger partial charge on any atom is -0.478 e. The van der Waals surface area contributed by atoms with Crippen LogP contribution in [-0.2, 0) is 4.74 Å². The Morgan fingerprint density at radius 1 is 1.26 bits per heavy atom. The number of ether oxygens (including phenoxy) is 2. The van der Waals surface area contributed by atoms with Crippen LogP contribution in [0.3, 0.4) is 0 Å². The number of hydrogen-bond donors (Lipinski definition) is 1. The Bertz CT molecular complexity index is 349. The number of anilines is 1. The monoisotopic (exact) mass is 268 g/mol. The van der Waals surface area contributed by atoms with Crippen molar-refractivity contribution in [2.75, 3.05) is 52.3 Å². The Hall–Kier alpha value is -1.40. The lowest BCUT2D eigenvalue weighted by Crippen LogP contribution is -2.28. The van der Waals surface area contributed by atoms with Gasteiger partial charge in [0.05, 0.1) is 13.2 Å². The zero-order valence-corrected chi connectivity index (χ0v) is 12.1. The van der Waals surface area contributed by atoms with E-state index in [1.165, 1.54) is 6.33 Å². The van der Waals surface area contributed by atoms with Crippen molar-refractivity contribution in [3.05, 3.63) is 12.4 Å². The van der Waals surface area contributed by atoms with Crippen LogP contribution in [0.5, 0.6) is 5.88 Å². The number of likely N-dealkylation sites (N-methyl/N-ethyl adjacent to an activating group) is 1. The molecule has 1 heterocycles. The fraction of sp³-hybridized carbons (Fsp3) is 0.692. The molecular formula is C13H24N4O2. The molecule has 0 saturated heterocycles. The van der Waals surface area contributed by atoms with E-state index in [0.717, 1.165) is 38.5 Å². The van der Waals surface area contributed by atoms with E-state index in [-0.39, 0.29) is 0 Å². The Kier molecular flexibility index (Phi) is 7.84. The van der Waals surface area contributed by atoms with Crippen LogP contribution >= 0.6 is 0 Å². The van der Waals surface area contributed by atoms with E-state index in [1.54, 1.807) is 7.11 Å². The molecule has 19 heavy (non-hydrogen) atoms. The first kappa shape index (κ1) is 15.7. The molecule has 0 fully saturated rings. The van der Waals surface area contributed by atoms with Gasteiger partial charge in [-0.05, 0) is 13.5 Å². The summed E-state index contributed by atoms with van der Waals surface area (Å²) in [5.41, 5.74) is 0. The highest BCUT2D eigenvalue weighted by atomic mass is 16.5. The summed E-state index contributed by atoms with van der Waals surface area (Å²) in [4.78, 5) is 10.4. The number of hydrogen-bond acceptors (Lipinski definition) is 6. The lowest BCUT2D eigenvalue weighted by molar-refractivity contribution is 0.163. The third-order valence-electron chi connectivity index (χ3n) is 2.57. The van der Waals surface area contributed by atoms with Crippen LogP contribution in [0.25, 0.3) is 0 Å². The van der Waals surface area contributed by atoms with Gasteiger partial charge in [-0.1, -0.05) is 6.92 Å². The average Bonchev–Trinajstić information content (AvgIpc) is 2.43. The Morgan fingerprint density at radius 2 is 2.11 bits per heavy atom. The largest absolute Gasteiger partial charge is 0.478 e. The summed E-state index contributed by atoms with van der Waals surface area (Å²) in [5.74, 6) is 1.41. The molecule has 0 amide bonds. The van der Waals surface area contributed by atoms with Gasteiger partial charge >= 0.3 is 0 Å². The van der Waals surface area contributed by atoms with Crippen molar-refractivity contribution in [2.45, 2.75) is 13.3 Å². The summed E-state index contributed by atoms with van der Waals surface area (Å²) in [6, 6.07) is 1.82. The van der Waals surface area contributed by atoms with Gasteiger partial charge in [0.2, 0.25) is 5.88 Å². The van der Waals surface area contributed by atoms with E-state index in [4.69, 9.17) is 9.47 Å². The second kappa shape index (κ2) is 9.52. The molecule has 0 aliphatic heterocycles. The highest BCUT2D eigenvalue weighted by Gasteiger charge is 2.01. The fourth-order valence-corrected chi connectivity index (χ4v) is 1.46. The summed E-state index contributed by atoms with van der Waals surface area (Å²) in [7, 11) is 3.78. The van der Waals surface area contributed by atoms with E-state index < -0.39 is 0 Å². The molecule has 0 aliphatic rings. The van der Waals surface area contributed by atoms with Gasteiger partial charge in [-0.2, -0.15) is 0 Å². The van der Waals surface area contributed by atoms with E-state index in [1.807, 2.05) is 6.07 Å². The van der Waals surface area contributed by atoms with Gasteiger partial charge in [-0.25, -0.2) is 9.97 Å². The first-order chi connectivity index (χ1) is 9.26. The van der Waals surface area contributed by atoms with E-state index in [9.17, 15) is 0 Å². The maximum Gasteiger partial charge on any atom is 0.218 e. The lowest BCUT2D eigenvalue weighted by atomic mass is 10.4. The Balaban J connectivity index is 2.28. The standard InChI is InChI=1S/C13H24N4O2/c1-4-8-19-13-10-12(15-11-16-13)14-5-6-17(2)7-9-18-3/h10-11H,4-9H2,1-3H3,(H,14,15,16). The molecule has 108 valence electrons. The molecule has 0 unspecified atom stereocenters. The van der Waals surface area contributed by atoms with Crippen molar-refractivity contribution < 1.29 is 9.47 Å². The molecule has 6 nitrogen and oxygen atoms in total. The van der Waals surface area contributed by atoms with Crippen LogP contribution in [0.4, 0.5) is 5.82 Å². The van der Waals surface area contributed by atoms with E-state index >= 15 is 0 Å². The van der Waals surface area contributed by atoms with Crippen molar-refractivity contribution in [1.29, 1.82) is 0 Å². The summed E-state index contributed by atoms with van der Waals surface area (Å²) in [6.45, 7) is 6.17. The normalized spacial score (nSPS) is 10.7. The van der Waals surface area contributed by atoms with E-state index in [2.05, 4.69) is 34.2 Å². The van der Waals surface area contributed by atoms with Crippen LogP contribution in [0.2, 0.25) is 0 Å². The fourth-order valence-electron chi connectivity index (χ4n) is 1.46. The van der Waals surface area contributed by atoms with Gasteiger partial charge < -0.3 is 19.7 Å². The maximum atomic E-state index is 5.46. The molecular weight excluding hydrogens is 244 g/mol. The molecule has 1 rings (SSSR count). The zero-order valence-electron chi connectivity index (χ0n) is 12.1. The van der Waals surface area contributed by atoms with Crippen molar-refractivity contribution in [3.63, 3.8) is 0 Å². The van der Waals surface area contributed by atoms with Crippen LogP contribution in [-0.4, -0.2) is 61.9 Å². The number of methoxy groups -OCH3 is 1. The average molecular weight is 268 g/mol. The molecule has 0 aliphatic carbocycles. The first-order valence-corrected chi connectivity index (χ1v) is 6.62. The number of nitrogens with zero attached hydrogens (tertiary/aromatic N) is 3. The highest BCUT2D eigenvalue weighted by Crippen LogP contribution is 2.10. The number of rotatable bonds is 10. The lowest BCUT2D eigenvalue weighted by Gasteiger charge is -2.16. The second-order valence-electron chi connectivity index (χ2n) is 4.31. The van der Waals surface area contributed by atoms with Crippen LogP contribution < -0.4 is 10.1 Å². The summed E-state index contributed by atoms with van der Waals surface area (Å²) in [6.07, 6.45) is 2.49. The number of aromatic nitrogens is 2. The molecule has 1 N–H and O–H groups in total. The molecule has 1 aromatic heterocycles. The van der Waals surface area contributed by atoms with Crippen molar-refractivity contribution in [2.24, 2.45) is 0 Å². The van der Waals surface area contributed by atoms with Gasteiger partial charge in [0.1, 0.15) is 12.1 Å². The van der Waals surface area contributed by atoms with Gasteiger partial charge in [-0.15, -0.1) is 0 Å². The predicted molar refractivity (Wildman–Crippen MR) is 75.7 cm³/mol. The SMILES string of the molecule is CCCOc1cc(NCCN(C)CCOC)ncn1. The molecule has 0 spiro atoms. The van der Waals surface area contributed by atoms with Crippen LogP contribution in [0.1, 0.15) is 13.3 Å². The topological polar surface area (TPSA) is 59.5 Å². The molecule has 0 atom stereocenters. The molecule has 0 bridgehead atoms. The predicted octanol–water partition coefficient (Wildman–Crippen LogP) is 1.26. The molecule has 6 heteroatoms. The van der Waals surface area contributed by atoms with Gasteiger partial charge in [0.15, 0.2) is 0 Å². The van der Waals surface area contributed by atoms with Gasteiger partial charge in [0, 0.05) is 32.8 Å². The van der Waals surface area contributed by atoms with Crippen LogP contribution in [0, 0.1) is 0 Å². The van der Waals surface area contributed by atoms with Gasteiger partial charge in [0.25, 0.3) is 0 Å². The molecule has 0 radical (unpaired) electrons. The third kappa shape index (κ3) is 6.93. The zero-order chi connectivity index (χ0) is 13.9. The maximum absolute atomic E-state index is 5.46. The van der Waals surface area contributed by atoms with E-state index in [0.29, 0.717) is 12.5 Å². The molecule has 0 saturated carbocycles. The smallest absolute Gasteiger partial charge is 0.218 e. The Labute approximate surface area is 115 Å². The van der Waals surface area contributed by atoms with Gasteiger partial charge in [-0.3, -0.25) is 0 Å². The second-order valence-corrected chi connectivity index (χ2v) is 4.31. The molecule has 0 aromatic carbocycles. The number of nitrogens with one attached hydrogen (secondary N) is 1. The third-order valence-corrected chi connectivity index (χ3v) is 2.57. The summed E-state index contributed by atoms with van der Waals surface area (Å²) < 4.78 is 10.5. The van der Waals surface area contributed by atoms with Crippen molar-refractivity contribution >= 4 is 5.82 Å².